The second kappa shape index (κ2) is 7.99. The number of aliphatic carboxylic acids is 1. The summed E-state index contributed by atoms with van der Waals surface area (Å²) in [5.41, 5.74) is 1.02. The molecule has 0 aliphatic rings. The summed E-state index contributed by atoms with van der Waals surface area (Å²) < 4.78 is 5.00. The van der Waals surface area contributed by atoms with Crippen molar-refractivity contribution in [1.29, 1.82) is 0 Å². The van der Waals surface area contributed by atoms with Crippen LogP contribution in [0.3, 0.4) is 0 Å². The number of rotatable bonds is 7. The Morgan fingerprint density at radius 2 is 1.95 bits per heavy atom. The first-order valence-electron chi connectivity index (χ1n) is 6.41. The number of nitrogens with zero attached hydrogens (tertiary/aromatic N) is 1. The van der Waals surface area contributed by atoms with Gasteiger partial charge in [-0.25, -0.2) is 9.59 Å². The number of esters is 1. The van der Waals surface area contributed by atoms with Crippen LogP contribution in [0.25, 0.3) is 0 Å². The Morgan fingerprint density at radius 1 is 1.30 bits per heavy atom. The van der Waals surface area contributed by atoms with Crippen LogP contribution in [0.1, 0.15) is 18.9 Å². The van der Waals surface area contributed by atoms with Gasteiger partial charge >= 0.3 is 11.9 Å². The third-order valence-corrected chi connectivity index (χ3v) is 2.58. The van der Waals surface area contributed by atoms with Gasteiger partial charge in [0.15, 0.2) is 0 Å². The molecule has 1 N–H and O–H groups in total. The zero-order valence-electron chi connectivity index (χ0n) is 11.7. The van der Waals surface area contributed by atoms with Gasteiger partial charge in [-0.3, -0.25) is 0 Å². The summed E-state index contributed by atoms with van der Waals surface area (Å²) in [5, 5.41) is 8.86. The summed E-state index contributed by atoms with van der Waals surface area (Å²) in [6.45, 7) is 2.58. The van der Waals surface area contributed by atoms with E-state index < -0.39 is 11.9 Å². The molecule has 0 amide bonds. The van der Waals surface area contributed by atoms with Gasteiger partial charge in [0.05, 0.1) is 12.7 Å². The van der Waals surface area contributed by atoms with Gasteiger partial charge in [-0.2, -0.15) is 0 Å². The van der Waals surface area contributed by atoms with Crippen LogP contribution in [0, 0.1) is 0 Å². The number of hydrogen-bond acceptors (Lipinski definition) is 4. The quantitative estimate of drug-likeness (QED) is 0.610. The Bertz CT molecular complexity index is 482. The lowest BCUT2D eigenvalue weighted by Gasteiger charge is -2.21. The van der Waals surface area contributed by atoms with Crippen LogP contribution in [0.15, 0.2) is 42.1 Å². The summed E-state index contributed by atoms with van der Waals surface area (Å²) in [5.74, 6) is -1.79. The molecule has 0 heterocycles. The Hall–Kier alpha value is -2.30. The fraction of sp³-hybridized carbons (Fsp3) is 0.333. The van der Waals surface area contributed by atoms with Crippen molar-refractivity contribution in [3.05, 3.63) is 47.7 Å². The number of hydrogen-bond donors (Lipinski definition) is 1. The van der Waals surface area contributed by atoms with E-state index in [0.29, 0.717) is 13.0 Å². The number of carbonyl (C=O) groups is 2. The summed E-state index contributed by atoms with van der Waals surface area (Å²) in [7, 11) is 1.66. The van der Waals surface area contributed by atoms with E-state index in [4.69, 9.17) is 9.84 Å². The minimum absolute atomic E-state index is 0.0369. The molecule has 0 radical (unpaired) electrons. The molecule has 0 spiro atoms. The standard InChI is InChI=1S/C15H19NO4/c1-3-9-20-15(19)13(10-14(17)18)16(2)11-12-7-5-4-6-8-12/h4-8,10H,3,9,11H2,1-2H3,(H,17,18)/b13-10-. The predicted molar refractivity (Wildman–Crippen MR) is 74.9 cm³/mol. The fourth-order valence-corrected chi connectivity index (χ4v) is 1.65. The first kappa shape index (κ1) is 15.8. The first-order chi connectivity index (χ1) is 9.54. The van der Waals surface area contributed by atoms with Crippen LogP contribution < -0.4 is 0 Å². The minimum atomic E-state index is -1.17. The molecule has 1 aromatic carbocycles. The van der Waals surface area contributed by atoms with Gasteiger partial charge in [0.2, 0.25) is 0 Å². The highest BCUT2D eigenvalue weighted by Crippen LogP contribution is 2.10. The number of carboxylic acid groups (broad SMARTS) is 1. The number of ether oxygens (including phenoxy) is 1. The highest BCUT2D eigenvalue weighted by molar-refractivity contribution is 5.95. The van der Waals surface area contributed by atoms with Crippen molar-refractivity contribution < 1.29 is 19.4 Å². The monoisotopic (exact) mass is 277 g/mol. The zero-order valence-corrected chi connectivity index (χ0v) is 11.7. The number of carboxylic acids is 1. The van der Waals surface area contributed by atoms with E-state index in [1.54, 1.807) is 11.9 Å². The Labute approximate surface area is 118 Å². The van der Waals surface area contributed by atoms with Crippen molar-refractivity contribution in [1.82, 2.24) is 4.90 Å². The summed E-state index contributed by atoms with van der Waals surface area (Å²) in [4.78, 5) is 24.3. The molecule has 0 saturated carbocycles. The third-order valence-electron chi connectivity index (χ3n) is 2.58. The zero-order chi connectivity index (χ0) is 15.0. The third kappa shape index (κ3) is 5.14. The Balaban J connectivity index is 2.82. The Morgan fingerprint density at radius 3 is 2.50 bits per heavy atom. The predicted octanol–water partition coefficient (Wildman–Crippen LogP) is 2.04. The molecule has 0 aliphatic heterocycles. The average Bonchev–Trinajstić information content (AvgIpc) is 2.43. The number of benzene rings is 1. The van der Waals surface area contributed by atoms with Crippen LogP contribution in [0.4, 0.5) is 0 Å². The average molecular weight is 277 g/mol. The van der Waals surface area contributed by atoms with Crippen molar-refractivity contribution in [3.8, 4) is 0 Å². The molecular formula is C15H19NO4. The summed E-state index contributed by atoms with van der Waals surface area (Å²) in [6.07, 6.45) is 1.56. The molecule has 5 heteroatoms. The Kier molecular flexibility index (Phi) is 6.29. The van der Waals surface area contributed by atoms with E-state index in [9.17, 15) is 9.59 Å². The number of likely N-dealkylation sites (N-methyl/N-ethyl adjacent to an activating group) is 1. The van der Waals surface area contributed by atoms with Crippen LogP contribution in [0.5, 0.6) is 0 Å². The van der Waals surface area contributed by atoms with Crippen molar-refractivity contribution in [2.75, 3.05) is 13.7 Å². The van der Waals surface area contributed by atoms with Gasteiger partial charge in [0, 0.05) is 13.6 Å². The van der Waals surface area contributed by atoms with E-state index in [-0.39, 0.29) is 12.3 Å². The second-order valence-corrected chi connectivity index (χ2v) is 4.35. The molecule has 0 aromatic heterocycles. The van der Waals surface area contributed by atoms with Crippen LogP contribution in [-0.2, 0) is 20.9 Å². The van der Waals surface area contributed by atoms with Gasteiger partial charge in [-0.05, 0) is 12.0 Å². The van der Waals surface area contributed by atoms with Crippen molar-refractivity contribution in [2.45, 2.75) is 19.9 Å². The van der Waals surface area contributed by atoms with Gasteiger partial charge in [-0.15, -0.1) is 0 Å². The van der Waals surface area contributed by atoms with Crippen LogP contribution >= 0.6 is 0 Å². The highest BCUT2D eigenvalue weighted by atomic mass is 16.5. The lowest BCUT2D eigenvalue weighted by molar-refractivity contribution is -0.141. The molecule has 0 atom stereocenters. The second-order valence-electron chi connectivity index (χ2n) is 4.35. The lowest BCUT2D eigenvalue weighted by atomic mass is 10.2. The lowest BCUT2D eigenvalue weighted by Crippen LogP contribution is -2.26. The molecule has 1 rings (SSSR count). The molecule has 0 aliphatic carbocycles. The molecule has 20 heavy (non-hydrogen) atoms. The fourth-order valence-electron chi connectivity index (χ4n) is 1.65. The smallest absolute Gasteiger partial charge is 0.354 e. The maximum atomic E-state index is 11.9. The van der Waals surface area contributed by atoms with Crippen LogP contribution in [-0.4, -0.2) is 35.6 Å². The molecule has 0 unspecified atom stereocenters. The molecule has 0 bridgehead atoms. The SMILES string of the molecule is CCCOC(=O)/C(=C/C(=O)O)N(C)Cc1ccccc1. The minimum Gasteiger partial charge on any atom is -0.478 e. The largest absolute Gasteiger partial charge is 0.478 e. The van der Waals surface area contributed by atoms with Gasteiger partial charge in [0.25, 0.3) is 0 Å². The first-order valence-corrected chi connectivity index (χ1v) is 6.41. The van der Waals surface area contributed by atoms with Crippen molar-refractivity contribution >= 4 is 11.9 Å². The van der Waals surface area contributed by atoms with Gasteiger partial charge in [-0.1, -0.05) is 37.3 Å². The van der Waals surface area contributed by atoms with Gasteiger partial charge in [0.1, 0.15) is 5.70 Å². The topological polar surface area (TPSA) is 66.8 Å². The summed E-state index contributed by atoms with van der Waals surface area (Å²) >= 11 is 0. The van der Waals surface area contributed by atoms with E-state index in [1.165, 1.54) is 0 Å². The normalized spacial score (nSPS) is 11.0. The molecule has 0 saturated heterocycles. The van der Waals surface area contributed by atoms with E-state index in [1.807, 2.05) is 37.3 Å². The van der Waals surface area contributed by atoms with E-state index >= 15 is 0 Å². The number of carbonyl (C=O) groups excluding carboxylic acids is 1. The highest BCUT2D eigenvalue weighted by Gasteiger charge is 2.17. The van der Waals surface area contributed by atoms with Crippen molar-refractivity contribution in [3.63, 3.8) is 0 Å². The molecule has 1 aromatic rings. The molecule has 0 fully saturated rings. The maximum Gasteiger partial charge on any atom is 0.354 e. The maximum absolute atomic E-state index is 11.9. The van der Waals surface area contributed by atoms with Crippen molar-refractivity contribution in [2.24, 2.45) is 0 Å². The van der Waals surface area contributed by atoms with E-state index in [2.05, 4.69) is 0 Å². The molecule has 108 valence electrons. The molecule has 5 nitrogen and oxygen atoms in total. The van der Waals surface area contributed by atoms with Crippen LogP contribution in [0.2, 0.25) is 0 Å². The van der Waals surface area contributed by atoms with Gasteiger partial charge < -0.3 is 14.7 Å². The molecular weight excluding hydrogens is 258 g/mol. The van der Waals surface area contributed by atoms with E-state index in [0.717, 1.165) is 11.6 Å². The summed E-state index contributed by atoms with van der Waals surface area (Å²) in [6, 6.07) is 9.49.